The zero-order valence-electron chi connectivity index (χ0n) is 13.5. The Morgan fingerprint density at radius 1 is 1.15 bits per heavy atom. The number of benzene rings is 2. The smallest absolute Gasteiger partial charge is 0.387 e. The van der Waals surface area contributed by atoms with Gasteiger partial charge in [-0.2, -0.15) is 8.78 Å². The number of para-hydroxylation sites is 2. The Labute approximate surface area is 152 Å². The summed E-state index contributed by atoms with van der Waals surface area (Å²) in [6, 6.07) is 15.7. The molecule has 0 saturated carbocycles. The van der Waals surface area contributed by atoms with Crippen LogP contribution in [0.25, 0.3) is 11.3 Å². The van der Waals surface area contributed by atoms with Crippen LogP contribution in [0.1, 0.15) is 0 Å². The van der Waals surface area contributed by atoms with Crippen molar-refractivity contribution in [2.75, 3.05) is 11.1 Å². The molecule has 0 aliphatic rings. The third-order valence-corrected chi connectivity index (χ3v) is 4.24. The molecule has 2 N–H and O–H groups in total. The second-order valence-electron chi connectivity index (χ2n) is 5.18. The molecule has 3 aromatic rings. The zero-order chi connectivity index (χ0) is 18.4. The summed E-state index contributed by atoms with van der Waals surface area (Å²) < 4.78 is 29.2. The molecule has 0 aliphatic heterocycles. The Morgan fingerprint density at radius 2 is 1.88 bits per heavy atom. The third-order valence-electron chi connectivity index (χ3n) is 3.35. The summed E-state index contributed by atoms with van der Waals surface area (Å²) in [5.74, 6) is -0.353. The van der Waals surface area contributed by atoms with Crippen molar-refractivity contribution in [3.63, 3.8) is 0 Å². The van der Waals surface area contributed by atoms with E-state index in [-0.39, 0.29) is 23.1 Å². The Balaban J connectivity index is 1.58. The number of hydrogen-bond donors (Lipinski definition) is 2. The van der Waals surface area contributed by atoms with Crippen molar-refractivity contribution in [1.29, 1.82) is 0 Å². The molecule has 0 unspecified atom stereocenters. The van der Waals surface area contributed by atoms with Crippen LogP contribution in [0.3, 0.4) is 0 Å². The first-order valence-electron chi connectivity index (χ1n) is 7.69. The summed E-state index contributed by atoms with van der Waals surface area (Å²) >= 11 is 1.22. The highest BCUT2D eigenvalue weighted by atomic mass is 32.2. The van der Waals surface area contributed by atoms with Crippen LogP contribution in [0.4, 0.5) is 14.5 Å². The van der Waals surface area contributed by atoms with E-state index in [1.807, 2.05) is 30.3 Å². The minimum Gasteiger partial charge on any atom is -0.433 e. The van der Waals surface area contributed by atoms with E-state index in [4.69, 9.17) is 0 Å². The predicted octanol–water partition coefficient (Wildman–Crippen LogP) is 4.41. The molecule has 0 atom stereocenters. The number of nitrogens with one attached hydrogen (secondary N) is 2. The number of anilines is 1. The van der Waals surface area contributed by atoms with E-state index >= 15 is 0 Å². The molecule has 5 nitrogen and oxygen atoms in total. The van der Waals surface area contributed by atoms with E-state index in [9.17, 15) is 13.6 Å². The third kappa shape index (κ3) is 4.82. The number of carbonyl (C=O) groups excluding carboxylic acids is 1. The highest BCUT2D eigenvalue weighted by Gasteiger charge is 2.12. The number of ether oxygens (including phenoxy) is 1. The lowest BCUT2D eigenvalue weighted by atomic mass is 10.2. The topological polar surface area (TPSA) is 67.0 Å². The first-order chi connectivity index (χ1) is 12.6. The van der Waals surface area contributed by atoms with Crippen LogP contribution in [0, 0.1) is 0 Å². The zero-order valence-corrected chi connectivity index (χ0v) is 14.3. The number of imidazole rings is 1. The molecule has 8 heteroatoms. The van der Waals surface area contributed by atoms with Crippen LogP contribution >= 0.6 is 11.8 Å². The first kappa shape index (κ1) is 17.9. The SMILES string of the molecule is O=C(CSc1ncc(-c2ccccc2)[nH]1)Nc1ccccc1OC(F)F. The molecule has 0 bridgehead atoms. The van der Waals surface area contributed by atoms with Crippen molar-refractivity contribution < 1.29 is 18.3 Å². The number of thioether (sulfide) groups is 1. The van der Waals surface area contributed by atoms with Crippen LogP contribution in [0.5, 0.6) is 5.75 Å². The van der Waals surface area contributed by atoms with E-state index < -0.39 is 6.61 Å². The molecule has 0 radical (unpaired) electrons. The molecule has 0 spiro atoms. The van der Waals surface area contributed by atoms with Crippen LogP contribution < -0.4 is 10.1 Å². The highest BCUT2D eigenvalue weighted by Crippen LogP contribution is 2.26. The minimum atomic E-state index is -2.96. The maximum absolute atomic E-state index is 12.4. The second kappa shape index (κ2) is 8.48. The summed E-state index contributed by atoms with van der Waals surface area (Å²) in [5, 5.41) is 3.16. The largest absolute Gasteiger partial charge is 0.433 e. The maximum atomic E-state index is 12.4. The monoisotopic (exact) mass is 375 g/mol. The minimum absolute atomic E-state index is 0.0742. The average Bonchev–Trinajstić information content (AvgIpc) is 3.11. The molecule has 1 aromatic heterocycles. The number of amides is 1. The summed E-state index contributed by atoms with van der Waals surface area (Å²) in [6.45, 7) is -2.96. The van der Waals surface area contributed by atoms with Crippen molar-refractivity contribution in [2.45, 2.75) is 11.8 Å². The Bertz CT molecular complexity index is 872. The number of alkyl halides is 2. The molecule has 1 amide bonds. The van der Waals surface area contributed by atoms with Crippen LogP contribution in [0.15, 0.2) is 66.0 Å². The fourth-order valence-corrected chi connectivity index (χ4v) is 2.88. The lowest BCUT2D eigenvalue weighted by Gasteiger charge is -2.11. The number of rotatable bonds is 7. The lowest BCUT2D eigenvalue weighted by Crippen LogP contribution is -2.15. The van der Waals surface area contributed by atoms with Crippen molar-refractivity contribution >= 4 is 23.4 Å². The molecule has 1 heterocycles. The Morgan fingerprint density at radius 3 is 2.65 bits per heavy atom. The molecule has 0 aliphatic carbocycles. The number of hydrogen-bond acceptors (Lipinski definition) is 4. The maximum Gasteiger partial charge on any atom is 0.387 e. The summed E-state index contributed by atoms with van der Waals surface area (Å²) in [4.78, 5) is 19.5. The van der Waals surface area contributed by atoms with Gasteiger partial charge < -0.3 is 15.0 Å². The molecule has 26 heavy (non-hydrogen) atoms. The number of halogens is 2. The number of nitrogens with zero attached hydrogens (tertiary/aromatic N) is 1. The summed E-state index contributed by atoms with van der Waals surface area (Å²) in [6.07, 6.45) is 1.70. The number of aromatic amines is 1. The van der Waals surface area contributed by atoms with Gasteiger partial charge in [-0.25, -0.2) is 4.98 Å². The summed E-state index contributed by atoms with van der Waals surface area (Å²) in [7, 11) is 0. The van der Waals surface area contributed by atoms with Crippen LogP contribution in [-0.2, 0) is 4.79 Å². The van der Waals surface area contributed by atoms with E-state index in [1.165, 1.54) is 23.9 Å². The number of H-pyrrole nitrogens is 1. The van der Waals surface area contributed by atoms with Gasteiger partial charge in [-0.3, -0.25) is 4.79 Å². The standard InChI is InChI=1S/C18H15F2N3O2S/c19-17(20)25-15-9-5-4-8-13(15)22-16(24)11-26-18-21-10-14(23-18)12-6-2-1-3-7-12/h1-10,17H,11H2,(H,21,23)(H,22,24). The second-order valence-corrected chi connectivity index (χ2v) is 6.14. The van der Waals surface area contributed by atoms with Gasteiger partial charge in [0.25, 0.3) is 0 Å². The van der Waals surface area contributed by atoms with Gasteiger partial charge in [0.05, 0.1) is 23.3 Å². The molecular weight excluding hydrogens is 360 g/mol. The van der Waals surface area contributed by atoms with Crippen molar-refractivity contribution in [3.05, 3.63) is 60.8 Å². The van der Waals surface area contributed by atoms with E-state index in [0.717, 1.165) is 11.3 Å². The van der Waals surface area contributed by atoms with Gasteiger partial charge in [0.15, 0.2) is 5.16 Å². The van der Waals surface area contributed by atoms with E-state index in [1.54, 1.807) is 18.3 Å². The van der Waals surface area contributed by atoms with Gasteiger partial charge in [0.2, 0.25) is 5.91 Å². The molecule has 2 aromatic carbocycles. The number of carbonyl (C=O) groups is 1. The van der Waals surface area contributed by atoms with Gasteiger partial charge in [0.1, 0.15) is 5.75 Å². The van der Waals surface area contributed by atoms with Gasteiger partial charge in [-0.1, -0.05) is 54.2 Å². The van der Waals surface area contributed by atoms with Gasteiger partial charge in [-0.15, -0.1) is 0 Å². The van der Waals surface area contributed by atoms with Crippen molar-refractivity contribution in [3.8, 4) is 17.0 Å². The molecule has 3 rings (SSSR count). The fraction of sp³-hybridized carbons (Fsp3) is 0.111. The van der Waals surface area contributed by atoms with E-state index in [2.05, 4.69) is 20.0 Å². The van der Waals surface area contributed by atoms with Crippen LogP contribution in [0.2, 0.25) is 0 Å². The summed E-state index contributed by atoms with van der Waals surface area (Å²) in [5.41, 5.74) is 2.04. The quantitative estimate of drug-likeness (QED) is 0.601. The number of aromatic nitrogens is 2. The molecule has 134 valence electrons. The Hall–Kier alpha value is -2.87. The van der Waals surface area contributed by atoms with Gasteiger partial charge in [0, 0.05) is 0 Å². The molecule has 0 fully saturated rings. The average molecular weight is 375 g/mol. The predicted molar refractivity (Wildman–Crippen MR) is 96.5 cm³/mol. The molecular formula is C18H15F2N3O2S. The normalized spacial score (nSPS) is 10.7. The fourth-order valence-electron chi connectivity index (χ4n) is 2.23. The van der Waals surface area contributed by atoms with Crippen molar-refractivity contribution in [1.82, 2.24) is 9.97 Å². The van der Waals surface area contributed by atoms with Gasteiger partial charge >= 0.3 is 6.61 Å². The van der Waals surface area contributed by atoms with Gasteiger partial charge in [-0.05, 0) is 17.7 Å². The molecule has 0 saturated heterocycles. The first-order valence-corrected chi connectivity index (χ1v) is 8.67. The highest BCUT2D eigenvalue weighted by molar-refractivity contribution is 7.99. The van der Waals surface area contributed by atoms with E-state index in [0.29, 0.717) is 5.16 Å². The Kier molecular flexibility index (Phi) is 5.85. The van der Waals surface area contributed by atoms with Crippen molar-refractivity contribution in [2.24, 2.45) is 0 Å². The lowest BCUT2D eigenvalue weighted by molar-refractivity contribution is -0.113. The van der Waals surface area contributed by atoms with Crippen LogP contribution in [-0.4, -0.2) is 28.2 Å².